The van der Waals surface area contributed by atoms with Crippen LogP contribution < -0.4 is 10.3 Å². The van der Waals surface area contributed by atoms with Crippen LogP contribution in [-0.2, 0) is 11.3 Å². The van der Waals surface area contributed by atoms with Gasteiger partial charge in [-0.25, -0.2) is 4.79 Å². The second kappa shape index (κ2) is 5.44. The van der Waals surface area contributed by atoms with Crippen LogP contribution in [0.4, 0.5) is 0 Å². The summed E-state index contributed by atoms with van der Waals surface area (Å²) in [4.78, 5) is 24.2. The van der Waals surface area contributed by atoms with E-state index >= 15 is 0 Å². The minimum atomic E-state index is -0.627. The number of carbonyl (C=O) groups is 1. The molecule has 21 heavy (non-hydrogen) atoms. The summed E-state index contributed by atoms with van der Waals surface area (Å²) in [6.45, 7) is 1.11. The molecule has 0 unspecified atom stereocenters. The van der Waals surface area contributed by atoms with Gasteiger partial charge in [-0.15, -0.1) is 0 Å². The summed E-state index contributed by atoms with van der Waals surface area (Å²) in [7, 11) is 1.27. The second-order valence-electron chi connectivity index (χ2n) is 4.79. The lowest BCUT2D eigenvalue weighted by Crippen LogP contribution is -2.32. The molecule has 108 valence electrons. The number of pyridine rings is 1. The zero-order valence-corrected chi connectivity index (χ0v) is 11.7. The molecular weight excluding hydrogens is 270 g/mol. The Bertz CT molecular complexity index is 734. The van der Waals surface area contributed by atoms with Crippen molar-refractivity contribution >= 4 is 5.97 Å². The minimum Gasteiger partial charge on any atom is -0.478 e. The fourth-order valence-electron chi connectivity index (χ4n) is 2.48. The molecule has 0 saturated carbocycles. The van der Waals surface area contributed by atoms with Crippen LogP contribution in [-0.4, -0.2) is 24.3 Å². The lowest BCUT2D eigenvalue weighted by Gasteiger charge is -2.23. The van der Waals surface area contributed by atoms with E-state index in [9.17, 15) is 9.59 Å². The molecule has 1 aromatic heterocycles. The molecule has 0 fully saturated rings. The number of benzene rings is 1. The maximum absolute atomic E-state index is 12.4. The highest BCUT2D eigenvalue weighted by molar-refractivity contribution is 5.91. The van der Waals surface area contributed by atoms with Crippen LogP contribution >= 0.6 is 0 Å². The molecule has 0 bridgehead atoms. The summed E-state index contributed by atoms with van der Waals surface area (Å²) in [5.41, 5.74) is 1.30. The number of methoxy groups -OCH3 is 1. The highest BCUT2D eigenvalue weighted by Crippen LogP contribution is 2.31. The Morgan fingerprint density at radius 3 is 2.76 bits per heavy atom. The van der Waals surface area contributed by atoms with Crippen molar-refractivity contribution in [3.05, 3.63) is 52.3 Å². The summed E-state index contributed by atoms with van der Waals surface area (Å²) in [5, 5.41) is 0. The molecule has 0 aliphatic carbocycles. The van der Waals surface area contributed by atoms with Crippen molar-refractivity contribution in [1.29, 1.82) is 0 Å². The molecule has 0 saturated heterocycles. The molecule has 2 heterocycles. The molecule has 0 amide bonds. The number of hydrogen-bond donors (Lipinski definition) is 0. The van der Waals surface area contributed by atoms with Gasteiger partial charge in [0.25, 0.3) is 5.56 Å². The minimum absolute atomic E-state index is 0.0330. The van der Waals surface area contributed by atoms with E-state index in [4.69, 9.17) is 9.47 Å². The summed E-state index contributed by atoms with van der Waals surface area (Å²) >= 11 is 0. The summed E-state index contributed by atoms with van der Waals surface area (Å²) in [6.07, 6.45) is 0.742. The molecule has 0 atom stereocenters. The van der Waals surface area contributed by atoms with Crippen molar-refractivity contribution in [1.82, 2.24) is 4.57 Å². The van der Waals surface area contributed by atoms with Crippen LogP contribution in [0.3, 0.4) is 0 Å². The summed E-state index contributed by atoms with van der Waals surface area (Å²) in [5.74, 6) is -0.108. The smallest absolute Gasteiger partial charge is 0.343 e. The zero-order chi connectivity index (χ0) is 14.8. The highest BCUT2D eigenvalue weighted by Gasteiger charge is 2.23. The molecule has 0 N–H and O–H groups in total. The summed E-state index contributed by atoms with van der Waals surface area (Å²) < 4.78 is 11.9. The Balaban J connectivity index is 2.28. The topological polar surface area (TPSA) is 57.5 Å². The van der Waals surface area contributed by atoms with Crippen LogP contribution in [0.2, 0.25) is 0 Å². The first-order valence-electron chi connectivity index (χ1n) is 6.76. The van der Waals surface area contributed by atoms with Crippen LogP contribution in [0.5, 0.6) is 5.88 Å². The van der Waals surface area contributed by atoms with Gasteiger partial charge >= 0.3 is 5.97 Å². The van der Waals surface area contributed by atoms with Gasteiger partial charge in [-0.05, 0) is 18.1 Å². The van der Waals surface area contributed by atoms with E-state index in [0.717, 1.165) is 17.5 Å². The molecule has 2 aromatic rings. The largest absolute Gasteiger partial charge is 0.478 e. The van der Waals surface area contributed by atoms with Crippen molar-refractivity contribution in [2.75, 3.05) is 13.7 Å². The van der Waals surface area contributed by atoms with Gasteiger partial charge in [0.15, 0.2) is 0 Å². The number of nitrogens with zero attached hydrogens (tertiary/aromatic N) is 1. The molecule has 1 aliphatic heterocycles. The molecule has 5 heteroatoms. The Kier molecular flexibility index (Phi) is 3.48. The first-order chi connectivity index (χ1) is 10.2. The quantitative estimate of drug-likeness (QED) is 0.793. The van der Waals surface area contributed by atoms with E-state index in [1.54, 1.807) is 6.07 Å². The monoisotopic (exact) mass is 285 g/mol. The van der Waals surface area contributed by atoms with Crippen LogP contribution in [0.1, 0.15) is 16.8 Å². The van der Waals surface area contributed by atoms with Gasteiger partial charge in [0, 0.05) is 12.1 Å². The van der Waals surface area contributed by atoms with Crippen molar-refractivity contribution in [3.63, 3.8) is 0 Å². The Morgan fingerprint density at radius 1 is 1.29 bits per heavy atom. The van der Waals surface area contributed by atoms with Crippen molar-refractivity contribution in [2.24, 2.45) is 0 Å². The van der Waals surface area contributed by atoms with Gasteiger partial charge < -0.3 is 9.47 Å². The predicted molar refractivity (Wildman–Crippen MR) is 77.6 cm³/mol. The number of fused-ring (bicyclic) bond motifs is 1. The number of esters is 1. The first kappa shape index (κ1) is 13.4. The molecule has 1 aliphatic rings. The molecule has 1 aromatic carbocycles. The Labute approximate surface area is 121 Å². The van der Waals surface area contributed by atoms with E-state index in [2.05, 4.69) is 0 Å². The van der Waals surface area contributed by atoms with Crippen molar-refractivity contribution in [3.8, 4) is 17.0 Å². The van der Waals surface area contributed by atoms with Crippen molar-refractivity contribution in [2.45, 2.75) is 13.0 Å². The number of ether oxygens (including phenoxy) is 2. The SMILES string of the molecule is COC(=O)c1cc(-c2ccccc2)c2n(c1=O)CCCO2. The van der Waals surface area contributed by atoms with Crippen molar-refractivity contribution < 1.29 is 14.3 Å². The van der Waals surface area contributed by atoms with Gasteiger partial charge in [0.2, 0.25) is 5.88 Å². The van der Waals surface area contributed by atoms with Gasteiger partial charge in [-0.2, -0.15) is 0 Å². The molecule has 0 spiro atoms. The van der Waals surface area contributed by atoms with Gasteiger partial charge in [0.05, 0.1) is 13.7 Å². The molecular formula is C16H15NO4. The normalized spacial score (nSPS) is 13.2. The molecule has 0 radical (unpaired) electrons. The third-order valence-electron chi connectivity index (χ3n) is 3.49. The number of rotatable bonds is 2. The fourth-order valence-corrected chi connectivity index (χ4v) is 2.48. The predicted octanol–water partition coefficient (Wildman–Crippen LogP) is 2.08. The van der Waals surface area contributed by atoms with E-state index in [-0.39, 0.29) is 11.1 Å². The molecule has 5 nitrogen and oxygen atoms in total. The lowest BCUT2D eigenvalue weighted by molar-refractivity contribution is 0.0597. The summed E-state index contributed by atoms with van der Waals surface area (Å²) in [6, 6.07) is 11.1. The number of hydrogen-bond acceptors (Lipinski definition) is 4. The van der Waals surface area contributed by atoms with Gasteiger partial charge in [-0.3, -0.25) is 9.36 Å². The standard InChI is InChI=1S/C16H15NO4/c1-20-16(19)13-10-12(11-6-3-2-4-7-11)15-17(14(13)18)8-5-9-21-15/h2-4,6-7,10H,5,8-9H2,1H3. The number of aromatic nitrogens is 1. The second-order valence-corrected chi connectivity index (χ2v) is 4.79. The van der Waals surface area contributed by atoms with Crippen LogP contribution in [0, 0.1) is 0 Å². The van der Waals surface area contributed by atoms with E-state index in [0.29, 0.717) is 19.0 Å². The highest BCUT2D eigenvalue weighted by atomic mass is 16.5. The maximum atomic E-state index is 12.4. The maximum Gasteiger partial charge on any atom is 0.343 e. The fraction of sp³-hybridized carbons (Fsp3) is 0.250. The van der Waals surface area contributed by atoms with E-state index in [1.807, 2.05) is 30.3 Å². The third kappa shape index (κ3) is 2.31. The Morgan fingerprint density at radius 2 is 2.05 bits per heavy atom. The lowest BCUT2D eigenvalue weighted by atomic mass is 10.0. The third-order valence-corrected chi connectivity index (χ3v) is 3.49. The first-order valence-corrected chi connectivity index (χ1v) is 6.76. The Hall–Kier alpha value is -2.56. The van der Waals surface area contributed by atoms with Crippen LogP contribution in [0.25, 0.3) is 11.1 Å². The van der Waals surface area contributed by atoms with E-state index in [1.165, 1.54) is 11.7 Å². The molecule has 3 rings (SSSR count). The number of carbonyl (C=O) groups excluding carboxylic acids is 1. The van der Waals surface area contributed by atoms with E-state index < -0.39 is 5.97 Å². The van der Waals surface area contributed by atoms with Gasteiger partial charge in [-0.1, -0.05) is 30.3 Å². The zero-order valence-electron chi connectivity index (χ0n) is 11.7. The average Bonchev–Trinajstić information content (AvgIpc) is 2.55. The average molecular weight is 285 g/mol. The van der Waals surface area contributed by atoms with Crippen LogP contribution in [0.15, 0.2) is 41.2 Å². The van der Waals surface area contributed by atoms with Gasteiger partial charge in [0.1, 0.15) is 5.56 Å².